The van der Waals surface area contributed by atoms with Crippen LogP contribution in [0.2, 0.25) is 0 Å². The predicted octanol–water partition coefficient (Wildman–Crippen LogP) is 9.29. The van der Waals surface area contributed by atoms with Crippen LogP contribution in [0.3, 0.4) is 0 Å². The van der Waals surface area contributed by atoms with E-state index in [0.29, 0.717) is 0 Å². The summed E-state index contributed by atoms with van der Waals surface area (Å²) < 4.78 is 2.53. The molecule has 0 radical (unpaired) electrons. The average Bonchev–Trinajstić information content (AvgIpc) is 3.01. The maximum Gasteiger partial charge on any atom is 0.221 e. The molecular formula is C39H38N3+. The highest BCUT2D eigenvalue weighted by Gasteiger charge is 2.26. The SMILES string of the molecule is CCCC[n+]1cc2c(cc3ccc4cccc5ccc2c3c45)c(-c2ccc(N(C)C)cc2)c1-c1ccc(N(C)C)cc1. The van der Waals surface area contributed by atoms with Gasteiger partial charge < -0.3 is 9.80 Å². The molecule has 42 heavy (non-hydrogen) atoms. The Bertz CT molecular complexity index is 2040. The van der Waals surface area contributed by atoms with Crippen molar-refractivity contribution < 1.29 is 4.57 Å². The summed E-state index contributed by atoms with van der Waals surface area (Å²) in [6, 6.07) is 36.5. The highest BCUT2D eigenvalue weighted by molar-refractivity contribution is 6.30. The largest absolute Gasteiger partial charge is 0.378 e. The fraction of sp³-hybridized carbons (Fsp3) is 0.205. The normalized spacial score (nSPS) is 11.7. The maximum absolute atomic E-state index is 2.53. The second-order valence-electron chi connectivity index (χ2n) is 12.0. The van der Waals surface area contributed by atoms with E-state index in [2.05, 4.69) is 153 Å². The van der Waals surface area contributed by atoms with E-state index in [1.165, 1.54) is 76.8 Å². The van der Waals surface area contributed by atoms with Crippen LogP contribution in [0, 0.1) is 0 Å². The number of hydrogen-bond donors (Lipinski definition) is 0. The molecule has 208 valence electrons. The standard InChI is InChI=1S/C39H38N3/c1-6-7-23-42-25-35-33-22-17-27-10-8-9-26-11-12-30(37(33)36(26)27)24-34(35)38(28-13-18-31(19-14-28)40(2)3)39(42)29-15-20-32(21-16-29)41(4)5/h8-22,24-25H,6-7,23H2,1-5H3/q+1. The van der Waals surface area contributed by atoms with Crippen LogP contribution >= 0.6 is 0 Å². The molecule has 0 fully saturated rings. The van der Waals surface area contributed by atoms with Crippen molar-refractivity contribution in [2.75, 3.05) is 38.0 Å². The van der Waals surface area contributed by atoms with Crippen LogP contribution in [0.15, 0.2) is 103 Å². The average molecular weight is 549 g/mol. The van der Waals surface area contributed by atoms with Gasteiger partial charge in [-0.15, -0.1) is 0 Å². The second kappa shape index (κ2) is 10.3. The summed E-state index contributed by atoms with van der Waals surface area (Å²) >= 11 is 0. The smallest absolute Gasteiger partial charge is 0.221 e. The fourth-order valence-corrected chi connectivity index (χ4v) is 6.62. The number of aryl methyl sites for hydroxylation is 1. The number of fused-ring (bicyclic) bond motifs is 2. The van der Waals surface area contributed by atoms with Gasteiger partial charge in [-0.1, -0.05) is 67.9 Å². The molecule has 0 aliphatic rings. The van der Waals surface area contributed by atoms with E-state index < -0.39 is 0 Å². The monoisotopic (exact) mass is 548 g/mol. The highest BCUT2D eigenvalue weighted by Crippen LogP contribution is 2.43. The van der Waals surface area contributed by atoms with Crippen LogP contribution in [-0.4, -0.2) is 28.2 Å². The molecule has 3 heteroatoms. The molecule has 0 spiro atoms. The Kier molecular flexibility index (Phi) is 6.46. The Morgan fingerprint density at radius 2 is 1.17 bits per heavy atom. The number of benzene rings is 6. The van der Waals surface area contributed by atoms with Gasteiger partial charge in [0.2, 0.25) is 5.69 Å². The summed E-state index contributed by atoms with van der Waals surface area (Å²) in [4.78, 5) is 4.33. The van der Waals surface area contributed by atoms with Crippen molar-refractivity contribution in [2.24, 2.45) is 0 Å². The summed E-state index contributed by atoms with van der Waals surface area (Å²) in [6.45, 7) is 3.25. The first-order chi connectivity index (χ1) is 20.4. The summed E-state index contributed by atoms with van der Waals surface area (Å²) in [5, 5.41) is 10.6. The molecule has 1 heterocycles. The second-order valence-corrected chi connectivity index (χ2v) is 12.0. The van der Waals surface area contributed by atoms with E-state index in [9.17, 15) is 0 Å². The number of anilines is 2. The minimum Gasteiger partial charge on any atom is -0.378 e. The fourth-order valence-electron chi connectivity index (χ4n) is 6.62. The molecule has 0 aliphatic carbocycles. The van der Waals surface area contributed by atoms with E-state index >= 15 is 0 Å². The summed E-state index contributed by atoms with van der Waals surface area (Å²) in [5.74, 6) is 0. The minimum absolute atomic E-state index is 0.974. The van der Waals surface area contributed by atoms with Gasteiger partial charge in [0.1, 0.15) is 6.54 Å². The lowest BCUT2D eigenvalue weighted by Crippen LogP contribution is -2.36. The Morgan fingerprint density at radius 1 is 0.571 bits per heavy atom. The van der Waals surface area contributed by atoms with Crippen molar-refractivity contribution in [3.63, 3.8) is 0 Å². The van der Waals surface area contributed by atoms with Crippen LogP contribution in [0.4, 0.5) is 11.4 Å². The molecule has 7 aromatic rings. The van der Waals surface area contributed by atoms with Gasteiger partial charge in [-0.3, -0.25) is 0 Å². The van der Waals surface area contributed by atoms with Crippen LogP contribution in [0.5, 0.6) is 0 Å². The number of unbranched alkanes of at least 4 members (excludes halogenated alkanes) is 1. The van der Waals surface area contributed by atoms with Gasteiger partial charge in [0.25, 0.3) is 0 Å². The Hall–Kier alpha value is -4.63. The van der Waals surface area contributed by atoms with Crippen molar-refractivity contribution in [2.45, 2.75) is 26.3 Å². The molecular weight excluding hydrogens is 510 g/mol. The molecule has 0 bridgehead atoms. The zero-order valence-corrected chi connectivity index (χ0v) is 25.3. The molecule has 0 aliphatic heterocycles. The zero-order valence-electron chi connectivity index (χ0n) is 25.3. The van der Waals surface area contributed by atoms with Crippen molar-refractivity contribution in [1.82, 2.24) is 0 Å². The Morgan fingerprint density at radius 3 is 1.79 bits per heavy atom. The van der Waals surface area contributed by atoms with Gasteiger partial charge in [0.15, 0.2) is 6.20 Å². The van der Waals surface area contributed by atoms with Crippen LogP contribution < -0.4 is 14.4 Å². The van der Waals surface area contributed by atoms with Gasteiger partial charge in [0, 0.05) is 56.9 Å². The molecule has 0 saturated heterocycles. The topological polar surface area (TPSA) is 10.4 Å². The molecule has 0 saturated carbocycles. The molecule has 1 aromatic heterocycles. The van der Waals surface area contributed by atoms with Crippen LogP contribution in [-0.2, 0) is 6.54 Å². The maximum atomic E-state index is 2.53. The Balaban J connectivity index is 1.63. The summed E-state index contributed by atoms with van der Waals surface area (Å²) in [5.41, 5.74) is 7.49. The van der Waals surface area contributed by atoms with Gasteiger partial charge in [-0.2, -0.15) is 4.57 Å². The lowest BCUT2D eigenvalue weighted by atomic mass is 9.87. The third-order valence-electron chi connectivity index (χ3n) is 8.85. The van der Waals surface area contributed by atoms with Gasteiger partial charge in [-0.05, 0) is 80.3 Å². The first-order valence-corrected chi connectivity index (χ1v) is 15.1. The lowest BCUT2D eigenvalue weighted by Gasteiger charge is -2.19. The van der Waals surface area contributed by atoms with Gasteiger partial charge >= 0.3 is 0 Å². The minimum atomic E-state index is 0.974. The molecule has 0 amide bonds. The third-order valence-corrected chi connectivity index (χ3v) is 8.85. The van der Waals surface area contributed by atoms with Crippen LogP contribution in [0.1, 0.15) is 19.8 Å². The van der Waals surface area contributed by atoms with E-state index in [0.717, 1.165) is 19.4 Å². The van der Waals surface area contributed by atoms with E-state index in [1.807, 2.05) is 0 Å². The first kappa shape index (κ1) is 26.3. The molecule has 3 nitrogen and oxygen atoms in total. The molecule has 7 rings (SSSR count). The molecule has 0 unspecified atom stereocenters. The van der Waals surface area contributed by atoms with E-state index in [4.69, 9.17) is 0 Å². The quantitative estimate of drug-likeness (QED) is 0.112. The van der Waals surface area contributed by atoms with Crippen LogP contribution in [0.25, 0.3) is 65.5 Å². The Labute approximate surface area is 248 Å². The lowest BCUT2D eigenvalue weighted by molar-refractivity contribution is -0.684. The number of hydrogen-bond acceptors (Lipinski definition) is 2. The van der Waals surface area contributed by atoms with Crippen molar-refractivity contribution in [3.8, 4) is 22.4 Å². The number of aromatic nitrogens is 1. The van der Waals surface area contributed by atoms with Crippen molar-refractivity contribution >= 4 is 54.5 Å². The predicted molar refractivity (Wildman–Crippen MR) is 182 cm³/mol. The number of pyridine rings is 1. The summed E-state index contributed by atoms with van der Waals surface area (Å²) in [7, 11) is 8.41. The number of nitrogens with zero attached hydrogens (tertiary/aromatic N) is 3. The molecule has 0 atom stereocenters. The molecule has 0 N–H and O–H groups in total. The first-order valence-electron chi connectivity index (χ1n) is 15.1. The highest BCUT2D eigenvalue weighted by atomic mass is 15.1. The number of rotatable bonds is 7. The van der Waals surface area contributed by atoms with Gasteiger partial charge in [0.05, 0.1) is 10.9 Å². The van der Waals surface area contributed by atoms with Crippen molar-refractivity contribution in [1.29, 1.82) is 0 Å². The van der Waals surface area contributed by atoms with E-state index in [1.54, 1.807) is 0 Å². The molecule has 6 aromatic carbocycles. The summed E-state index contributed by atoms with van der Waals surface area (Å²) in [6.07, 6.45) is 4.71. The third kappa shape index (κ3) is 4.23. The van der Waals surface area contributed by atoms with Gasteiger partial charge in [-0.25, -0.2) is 0 Å². The zero-order chi connectivity index (χ0) is 29.0. The van der Waals surface area contributed by atoms with Crippen molar-refractivity contribution in [3.05, 3.63) is 103 Å². The van der Waals surface area contributed by atoms with E-state index in [-0.39, 0.29) is 0 Å².